The zero-order valence-corrected chi connectivity index (χ0v) is 12.4. The van der Waals surface area contributed by atoms with Gasteiger partial charge in [-0.1, -0.05) is 38.1 Å². The van der Waals surface area contributed by atoms with Crippen molar-refractivity contribution in [1.82, 2.24) is 0 Å². The molecule has 0 aromatic heterocycles. The average Bonchev–Trinajstić information content (AvgIpc) is 2.51. The van der Waals surface area contributed by atoms with Crippen molar-refractivity contribution in [3.8, 4) is 0 Å². The fraction of sp³-hybridized carbons (Fsp3) is 0.375. The molecule has 0 heterocycles. The van der Waals surface area contributed by atoms with Crippen molar-refractivity contribution in [2.75, 3.05) is 14.2 Å². The van der Waals surface area contributed by atoms with E-state index in [2.05, 4.69) is 0 Å². The van der Waals surface area contributed by atoms with E-state index in [0.29, 0.717) is 12.0 Å². The number of hydrogen-bond acceptors (Lipinski definition) is 4. The highest BCUT2D eigenvalue weighted by atomic mass is 16.5. The number of aryl methyl sites for hydroxylation is 1. The first kappa shape index (κ1) is 16.0. The highest BCUT2D eigenvalue weighted by Gasteiger charge is 2.25. The second-order valence-electron chi connectivity index (χ2n) is 4.20. The van der Waals surface area contributed by atoms with Crippen molar-refractivity contribution in [3.05, 3.63) is 41.0 Å². The van der Waals surface area contributed by atoms with Gasteiger partial charge in [0.2, 0.25) is 0 Å². The average molecular weight is 276 g/mol. The molecule has 0 amide bonds. The van der Waals surface area contributed by atoms with E-state index in [1.807, 2.05) is 38.1 Å². The van der Waals surface area contributed by atoms with Gasteiger partial charge in [-0.15, -0.1) is 0 Å². The third kappa shape index (κ3) is 3.26. The summed E-state index contributed by atoms with van der Waals surface area (Å²) in [6.07, 6.45) is 1.35. The number of hydrogen-bond donors (Lipinski definition) is 0. The molecule has 0 N–H and O–H groups in total. The maximum Gasteiger partial charge on any atom is 0.345 e. The lowest BCUT2D eigenvalue weighted by atomic mass is 9.92. The number of ether oxygens (including phenoxy) is 2. The topological polar surface area (TPSA) is 52.6 Å². The monoisotopic (exact) mass is 276 g/mol. The molecule has 0 saturated carbocycles. The zero-order valence-electron chi connectivity index (χ0n) is 12.4. The largest absolute Gasteiger partial charge is 0.465 e. The maximum atomic E-state index is 11.9. The molecule has 0 radical (unpaired) electrons. The summed E-state index contributed by atoms with van der Waals surface area (Å²) < 4.78 is 9.43. The second-order valence-corrected chi connectivity index (χ2v) is 4.20. The molecule has 1 aromatic carbocycles. The van der Waals surface area contributed by atoms with Crippen molar-refractivity contribution in [3.63, 3.8) is 0 Å². The Morgan fingerprint density at radius 2 is 1.55 bits per heavy atom. The van der Waals surface area contributed by atoms with E-state index < -0.39 is 11.9 Å². The van der Waals surface area contributed by atoms with Crippen LogP contribution < -0.4 is 0 Å². The second kappa shape index (κ2) is 7.48. The van der Waals surface area contributed by atoms with Gasteiger partial charge in [0.15, 0.2) is 0 Å². The Kier molecular flexibility index (Phi) is 5.97. The number of allylic oxidation sites excluding steroid dienone is 1. The van der Waals surface area contributed by atoms with Gasteiger partial charge in [-0.05, 0) is 29.5 Å². The number of rotatable bonds is 5. The van der Waals surface area contributed by atoms with Gasteiger partial charge in [0.05, 0.1) is 14.2 Å². The van der Waals surface area contributed by atoms with Crippen LogP contribution in [0.4, 0.5) is 0 Å². The van der Waals surface area contributed by atoms with Crippen LogP contribution in [-0.2, 0) is 25.5 Å². The summed E-state index contributed by atoms with van der Waals surface area (Å²) in [4.78, 5) is 23.8. The van der Waals surface area contributed by atoms with Crippen molar-refractivity contribution in [1.29, 1.82) is 0 Å². The Balaban J connectivity index is 3.55. The van der Waals surface area contributed by atoms with Crippen molar-refractivity contribution < 1.29 is 19.1 Å². The van der Waals surface area contributed by atoms with E-state index in [4.69, 9.17) is 9.47 Å². The summed E-state index contributed by atoms with van der Waals surface area (Å²) in [5.41, 5.74) is 2.59. The first-order valence-corrected chi connectivity index (χ1v) is 6.58. The van der Waals surface area contributed by atoms with Gasteiger partial charge in [0.25, 0.3) is 0 Å². The van der Waals surface area contributed by atoms with Crippen LogP contribution in [-0.4, -0.2) is 26.2 Å². The molecule has 108 valence electrons. The molecule has 1 aromatic rings. The van der Waals surface area contributed by atoms with Crippen LogP contribution in [0.15, 0.2) is 29.8 Å². The van der Waals surface area contributed by atoms with Crippen LogP contribution in [0.1, 0.15) is 31.4 Å². The SMILES string of the molecule is CCC(=C(C(=O)OC)C(=O)OC)c1ccccc1CC. The molecule has 0 spiro atoms. The van der Waals surface area contributed by atoms with Crippen molar-refractivity contribution in [2.24, 2.45) is 0 Å². The lowest BCUT2D eigenvalue weighted by Crippen LogP contribution is -2.18. The number of methoxy groups -OCH3 is 2. The molecule has 0 saturated heterocycles. The van der Waals surface area contributed by atoms with Crippen molar-refractivity contribution >= 4 is 17.5 Å². The van der Waals surface area contributed by atoms with Crippen LogP contribution in [0.25, 0.3) is 5.57 Å². The molecule has 0 aliphatic carbocycles. The molecule has 0 unspecified atom stereocenters. The first-order valence-electron chi connectivity index (χ1n) is 6.58. The minimum absolute atomic E-state index is 0.0293. The van der Waals surface area contributed by atoms with E-state index in [-0.39, 0.29) is 5.57 Å². The molecule has 1 rings (SSSR count). The Morgan fingerprint density at radius 3 is 2.00 bits per heavy atom. The van der Waals surface area contributed by atoms with E-state index in [9.17, 15) is 9.59 Å². The summed E-state index contributed by atoms with van der Waals surface area (Å²) in [6, 6.07) is 7.71. The molecule has 0 aliphatic rings. The first-order chi connectivity index (χ1) is 9.60. The van der Waals surface area contributed by atoms with Crippen LogP contribution in [0.2, 0.25) is 0 Å². The quantitative estimate of drug-likeness (QED) is 0.359. The number of carbonyl (C=O) groups excluding carboxylic acids is 2. The van der Waals surface area contributed by atoms with Gasteiger partial charge in [-0.3, -0.25) is 0 Å². The normalized spacial score (nSPS) is 9.80. The third-order valence-corrected chi connectivity index (χ3v) is 3.16. The summed E-state index contributed by atoms with van der Waals surface area (Å²) in [6.45, 7) is 3.93. The number of esters is 2. The summed E-state index contributed by atoms with van der Waals surface area (Å²) in [5, 5.41) is 0. The molecule has 0 aliphatic heterocycles. The number of benzene rings is 1. The molecule has 4 heteroatoms. The predicted octanol–water partition coefficient (Wildman–Crippen LogP) is 2.76. The van der Waals surface area contributed by atoms with Gasteiger partial charge in [-0.2, -0.15) is 0 Å². The van der Waals surface area contributed by atoms with Crippen LogP contribution in [0, 0.1) is 0 Å². The van der Waals surface area contributed by atoms with E-state index >= 15 is 0 Å². The van der Waals surface area contributed by atoms with E-state index in [1.165, 1.54) is 14.2 Å². The van der Waals surface area contributed by atoms with Gasteiger partial charge in [0, 0.05) is 0 Å². The third-order valence-electron chi connectivity index (χ3n) is 3.16. The lowest BCUT2D eigenvalue weighted by molar-refractivity contribution is -0.143. The van der Waals surface area contributed by atoms with Crippen LogP contribution in [0.3, 0.4) is 0 Å². The van der Waals surface area contributed by atoms with Gasteiger partial charge in [-0.25, -0.2) is 9.59 Å². The molecule has 0 bridgehead atoms. The number of carbonyl (C=O) groups is 2. The summed E-state index contributed by atoms with van der Waals surface area (Å²) in [7, 11) is 2.51. The predicted molar refractivity (Wildman–Crippen MR) is 77.1 cm³/mol. The Morgan fingerprint density at radius 1 is 1.00 bits per heavy atom. The fourth-order valence-corrected chi connectivity index (χ4v) is 2.16. The molecular formula is C16H20O4. The maximum absolute atomic E-state index is 11.9. The van der Waals surface area contributed by atoms with Crippen molar-refractivity contribution in [2.45, 2.75) is 26.7 Å². The smallest absolute Gasteiger partial charge is 0.345 e. The minimum Gasteiger partial charge on any atom is -0.465 e. The van der Waals surface area contributed by atoms with Gasteiger partial charge in [0.1, 0.15) is 5.57 Å². The fourth-order valence-electron chi connectivity index (χ4n) is 2.16. The highest BCUT2D eigenvalue weighted by molar-refractivity contribution is 6.20. The minimum atomic E-state index is -0.667. The molecule has 0 fully saturated rings. The molecular weight excluding hydrogens is 256 g/mol. The van der Waals surface area contributed by atoms with E-state index in [1.54, 1.807) is 0 Å². The Labute approximate surface area is 119 Å². The van der Waals surface area contributed by atoms with Gasteiger partial charge < -0.3 is 9.47 Å². The van der Waals surface area contributed by atoms with E-state index in [0.717, 1.165) is 17.5 Å². The van der Waals surface area contributed by atoms with Gasteiger partial charge >= 0.3 is 11.9 Å². The lowest BCUT2D eigenvalue weighted by Gasteiger charge is -2.14. The van der Waals surface area contributed by atoms with Crippen LogP contribution in [0.5, 0.6) is 0 Å². The standard InChI is InChI=1S/C16H20O4/c1-5-11-9-7-8-10-13(11)12(6-2)14(15(17)19-3)16(18)20-4/h7-10H,5-6H2,1-4H3. The summed E-state index contributed by atoms with van der Waals surface area (Å²) in [5.74, 6) is -1.33. The molecule has 0 atom stereocenters. The highest BCUT2D eigenvalue weighted by Crippen LogP contribution is 2.27. The summed E-state index contributed by atoms with van der Waals surface area (Å²) >= 11 is 0. The molecule has 20 heavy (non-hydrogen) atoms. The van der Waals surface area contributed by atoms with Crippen LogP contribution >= 0.6 is 0 Å². The Bertz CT molecular complexity index is 511. The zero-order chi connectivity index (χ0) is 15.1. The molecule has 4 nitrogen and oxygen atoms in total. The Hall–Kier alpha value is -2.10.